The fourth-order valence-corrected chi connectivity index (χ4v) is 3.50. The van der Waals surface area contributed by atoms with Gasteiger partial charge in [0.05, 0.1) is 11.7 Å². The Morgan fingerprint density at radius 2 is 1.95 bits per heavy atom. The molecule has 0 saturated heterocycles. The first kappa shape index (κ1) is 18.3. The van der Waals surface area contributed by atoms with Crippen LogP contribution in [0.15, 0.2) is 12.2 Å². The third-order valence-corrected chi connectivity index (χ3v) is 4.75. The number of aliphatic hydroxyl groups excluding tert-OH is 1. The van der Waals surface area contributed by atoms with Crippen LogP contribution in [0.1, 0.15) is 60.3 Å². The van der Waals surface area contributed by atoms with Gasteiger partial charge in [-0.25, -0.2) is 0 Å². The molecule has 3 unspecified atom stereocenters. The zero-order valence-electron chi connectivity index (χ0n) is 14.0. The van der Waals surface area contributed by atoms with E-state index in [1.807, 2.05) is 6.92 Å². The van der Waals surface area contributed by atoms with E-state index in [4.69, 9.17) is 9.84 Å². The fraction of sp³-hybridized carbons (Fsp3) is 0.824. The molecule has 4 heteroatoms. The number of rotatable bonds is 6. The Hall–Kier alpha value is -0.710. The molecule has 1 aliphatic carbocycles. The summed E-state index contributed by atoms with van der Waals surface area (Å²) in [5.41, 5.74) is -2.28. The van der Waals surface area contributed by atoms with Gasteiger partial charge in [-0.3, -0.25) is 4.79 Å². The summed E-state index contributed by atoms with van der Waals surface area (Å²) in [6.07, 6.45) is 6.00. The van der Waals surface area contributed by atoms with Crippen molar-refractivity contribution in [1.29, 1.82) is 0 Å². The monoisotopic (exact) mass is 298 g/mol. The fourth-order valence-electron chi connectivity index (χ4n) is 3.50. The van der Waals surface area contributed by atoms with Crippen molar-refractivity contribution >= 4 is 5.78 Å². The highest BCUT2D eigenvalue weighted by Gasteiger charge is 2.58. The van der Waals surface area contributed by atoms with Gasteiger partial charge in [0.25, 0.3) is 0 Å². The van der Waals surface area contributed by atoms with Gasteiger partial charge in [0.1, 0.15) is 5.60 Å². The highest BCUT2D eigenvalue weighted by atomic mass is 16.5. The largest absolute Gasteiger partial charge is 0.396 e. The second kappa shape index (κ2) is 6.59. The van der Waals surface area contributed by atoms with Crippen LogP contribution in [0.5, 0.6) is 0 Å². The molecular weight excluding hydrogens is 268 g/mol. The van der Waals surface area contributed by atoms with E-state index >= 15 is 0 Å². The van der Waals surface area contributed by atoms with Gasteiger partial charge in [-0.15, -0.1) is 0 Å². The van der Waals surface area contributed by atoms with Crippen LogP contribution in [-0.4, -0.2) is 39.9 Å². The molecule has 1 fully saturated rings. The van der Waals surface area contributed by atoms with Crippen LogP contribution in [0.3, 0.4) is 0 Å². The summed E-state index contributed by atoms with van der Waals surface area (Å²) >= 11 is 0. The van der Waals surface area contributed by atoms with Crippen molar-refractivity contribution < 1.29 is 19.7 Å². The van der Waals surface area contributed by atoms with Crippen molar-refractivity contribution in [2.75, 3.05) is 6.61 Å². The molecule has 21 heavy (non-hydrogen) atoms. The lowest BCUT2D eigenvalue weighted by Crippen LogP contribution is -2.64. The van der Waals surface area contributed by atoms with Gasteiger partial charge >= 0.3 is 0 Å². The first-order valence-corrected chi connectivity index (χ1v) is 7.79. The van der Waals surface area contributed by atoms with Crippen LogP contribution in [0, 0.1) is 5.41 Å². The molecule has 1 aliphatic rings. The molecule has 1 rings (SSSR count). The number of aliphatic hydroxyl groups is 2. The molecule has 0 aromatic carbocycles. The zero-order chi connectivity index (χ0) is 16.3. The Balaban J connectivity index is 3.28. The minimum atomic E-state index is -1.05. The van der Waals surface area contributed by atoms with Gasteiger partial charge in [-0.2, -0.15) is 0 Å². The van der Waals surface area contributed by atoms with E-state index in [1.165, 1.54) is 13.0 Å². The summed E-state index contributed by atoms with van der Waals surface area (Å²) in [5.74, 6) is -0.0649. The number of ether oxygens (including phenoxy) is 1. The number of allylic oxidation sites excluding steroid dienone is 1. The number of hydrogen-bond donors (Lipinski definition) is 2. The maximum absolute atomic E-state index is 11.4. The molecule has 0 amide bonds. The minimum absolute atomic E-state index is 0.0379. The molecule has 122 valence electrons. The van der Waals surface area contributed by atoms with Crippen molar-refractivity contribution in [3.05, 3.63) is 12.2 Å². The van der Waals surface area contributed by atoms with E-state index in [0.717, 1.165) is 12.8 Å². The molecule has 0 spiro atoms. The van der Waals surface area contributed by atoms with E-state index in [9.17, 15) is 9.90 Å². The van der Waals surface area contributed by atoms with Crippen LogP contribution in [-0.2, 0) is 9.53 Å². The van der Waals surface area contributed by atoms with Crippen LogP contribution in [0.25, 0.3) is 0 Å². The molecule has 0 radical (unpaired) electrons. The molecule has 0 heterocycles. The number of carbonyl (C=O) groups excluding carboxylic acids is 1. The van der Waals surface area contributed by atoms with Crippen molar-refractivity contribution in [3.8, 4) is 0 Å². The molecule has 3 atom stereocenters. The second-order valence-electron chi connectivity index (χ2n) is 7.13. The number of hydrogen-bond acceptors (Lipinski definition) is 4. The highest BCUT2D eigenvalue weighted by Crippen LogP contribution is 2.53. The minimum Gasteiger partial charge on any atom is -0.396 e. The van der Waals surface area contributed by atoms with E-state index in [-0.39, 0.29) is 23.9 Å². The predicted octanol–water partition coefficient (Wildman–Crippen LogP) is 2.62. The van der Waals surface area contributed by atoms with Gasteiger partial charge in [0.2, 0.25) is 0 Å². The third-order valence-electron chi connectivity index (χ3n) is 4.75. The molecule has 0 bridgehead atoms. The average molecular weight is 298 g/mol. The van der Waals surface area contributed by atoms with E-state index in [0.29, 0.717) is 12.8 Å². The normalized spacial score (nSPS) is 34.0. The molecule has 2 N–H and O–H groups in total. The Kier molecular flexibility index (Phi) is 5.76. The zero-order valence-corrected chi connectivity index (χ0v) is 14.0. The molecule has 1 saturated carbocycles. The number of carbonyl (C=O) groups is 1. The smallest absolute Gasteiger partial charge is 0.152 e. The topological polar surface area (TPSA) is 66.8 Å². The van der Waals surface area contributed by atoms with E-state index in [1.54, 1.807) is 13.0 Å². The predicted molar refractivity (Wildman–Crippen MR) is 83.1 cm³/mol. The highest BCUT2D eigenvalue weighted by molar-refractivity contribution is 5.87. The summed E-state index contributed by atoms with van der Waals surface area (Å²) in [6, 6.07) is 0. The summed E-state index contributed by atoms with van der Waals surface area (Å²) in [4.78, 5) is 11.4. The molecule has 0 aliphatic heterocycles. The Morgan fingerprint density at radius 1 is 1.33 bits per heavy atom. The van der Waals surface area contributed by atoms with Gasteiger partial charge in [-0.05, 0) is 58.6 Å². The lowest BCUT2D eigenvalue weighted by atomic mass is 9.58. The Bertz CT molecular complexity index is 380. The number of ketones is 1. The summed E-state index contributed by atoms with van der Waals surface area (Å²) < 4.78 is 6.25. The van der Waals surface area contributed by atoms with Crippen LogP contribution in [0.4, 0.5) is 0 Å². The van der Waals surface area contributed by atoms with Crippen molar-refractivity contribution in [2.24, 2.45) is 5.41 Å². The molecule has 0 aromatic heterocycles. The molecule has 0 aromatic rings. The summed E-state index contributed by atoms with van der Waals surface area (Å²) in [7, 11) is 0. The van der Waals surface area contributed by atoms with E-state index < -0.39 is 11.2 Å². The quantitative estimate of drug-likeness (QED) is 0.740. The van der Waals surface area contributed by atoms with Gasteiger partial charge in [-0.1, -0.05) is 13.8 Å². The SMILES string of the molecule is CC(=O)/C=C/C1(OC(C)CCO)C(C)(C)CCCC1(C)O. The van der Waals surface area contributed by atoms with Crippen molar-refractivity contribution in [1.82, 2.24) is 0 Å². The second-order valence-corrected chi connectivity index (χ2v) is 7.13. The maximum atomic E-state index is 11.4. The summed E-state index contributed by atoms with van der Waals surface area (Å²) in [6.45, 7) is 9.33. The maximum Gasteiger partial charge on any atom is 0.152 e. The van der Waals surface area contributed by atoms with Crippen LogP contribution < -0.4 is 0 Å². The van der Waals surface area contributed by atoms with Gasteiger partial charge in [0.15, 0.2) is 5.78 Å². The molecule has 4 nitrogen and oxygen atoms in total. The lowest BCUT2D eigenvalue weighted by molar-refractivity contribution is -0.241. The van der Waals surface area contributed by atoms with Crippen molar-refractivity contribution in [2.45, 2.75) is 77.6 Å². The lowest BCUT2D eigenvalue weighted by Gasteiger charge is -2.57. The Labute approximate surface area is 128 Å². The third kappa shape index (κ3) is 3.74. The van der Waals surface area contributed by atoms with Crippen molar-refractivity contribution in [3.63, 3.8) is 0 Å². The van der Waals surface area contributed by atoms with E-state index in [2.05, 4.69) is 13.8 Å². The standard InChI is InChI=1S/C17H30O4/c1-13(19)7-11-17(21-14(2)8-12-18)15(3,4)9-6-10-16(17,5)20/h7,11,14,18,20H,6,8-10,12H2,1-5H3/b11-7+. The van der Waals surface area contributed by atoms with Crippen LogP contribution in [0.2, 0.25) is 0 Å². The van der Waals surface area contributed by atoms with Gasteiger partial charge < -0.3 is 14.9 Å². The summed E-state index contributed by atoms with van der Waals surface area (Å²) in [5, 5.41) is 20.1. The van der Waals surface area contributed by atoms with Crippen LogP contribution >= 0.6 is 0 Å². The molecular formula is C17H30O4. The first-order chi connectivity index (χ1) is 9.58. The first-order valence-electron chi connectivity index (χ1n) is 7.79. The average Bonchev–Trinajstić information content (AvgIpc) is 2.32. The Morgan fingerprint density at radius 3 is 2.43 bits per heavy atom. The van der Waals surface area contributed by atoms with Gasteiger partial charge in [0, 0.05) is 12.0 Å².